The highest BCUT2D eigenvalue weighted by Crippen LogP contribution is 2.25. The highest BCUT2D eigenvalue weighted by molar-refractivity contribution is 7.08. The fourth-order valence-electron chi connectivity index (χ4n) is 2.32. The van der Waals surface area contributed by atoms with Gasteiger partial charge in [-0.25, -0.2) is 0 Å². The number of amides is 1. The monoisotopic (exact) mass is 283 g/mol. The minimum atomic E-state index is -0.831. The van der Waals surface area contributed by atoms with Crippen LogP contribution in [0.15, 0.2) is 0 Å². The molecule has 1 aromatic rings. The minimum absolute atomic E-state index is 0.0647. The van der Waals surface area contributed by atoms with Gasteiger partial charge in [0.25, 0.3) is 5.91 Å². The van der Waals surface area contributed by atoms with Gasteiger partial charge < -0.3 is 10.0 Å². The summed E-state index contributed by atoms with van der Waals surface area (Å²) in [6.07, 6.45) is 2.00. The molecule has 1 aliphatic heterocycles. The van der Waals surface area contributed by atoms with Gasteiger partial charge in [-0.2, -0.15) is 0 Å². The summed E-state index contributed by atoms with van der Waals surface area (Å²) in [5.41, 5.74) is 0.694. The van der Waals surface area contributed by atoms with E-state index >= 15 is 0 Å². The Labute approximate surface area is 115 Å². The SMILES string of the molecule is CCc1nnsc1C(=O)N1CC(C(=O)O)CCC1C. The Morgan fingerprint density at radius 3 is 2.84 bits per heavy atom. The van der Waals surface area contributed by atoms with Crippen molar-refractivity contribution in [2.24, 2.45) is 5.92 Å². The first-order valence-corrected chi connectivity index (χ1v) is 7.17. The number of hydrogen-bond acceptors (Lipinski definition) is 5. The summed E-state index contributed by atoms with van der Waals surface area (Å²) >= 11 is 1.09. The zero-order valence-electron chi connectivity index (χ0n) is 11.0. The van der Waals surface area contributed by atoms with Crippen molar-refractivity contribution < 1.29 is 14.7 Å². The molecule has 0 spiro atoms. The minimum Gasteiger partial charge on any atom is -0.481 e. The summed E-state index contributed by atoms with van der Waals surface area (Å²) in [6.45, 7) is 4.15. The molecule has 19 heavy (non-hydrogen) atoms. The van der Waals surface area contributed by atoms with Crippen molar-refractivity contribution in [2.75, 3.05) is 6.54 Å². The van der Waals surface area contributed by atoms with Gasteiger partial charge in [-0.15, -0.1) is 5.10 Å². The van der Waals surface area contributed by atoms with Crippen LogP contribution in [-0.4, -0.2) is 44.1 Å². The van der Waals surface area contributed by atoms with Crippen LogP contribution in [0.2, 0.25) is 0 Å². The highest BCUT2D eigenvalue weighted by atomic mass is 32.1. The first kappa shape index (κ1) is 13.9. The molecule has 0 aliphatic carbocycles. The number of carboxylic acids is 1. The molecule has 1 fully saturated rings. The molecule has 1 N–H and O–H groups in total. The van der Waals surface area contributed by atoms with Gasteiger partial charge in [0.05, 0.1) is 11.6 Å². The number of hydrogen-bond donors (Lipinski definition) is 1. The lowest BCUT2D eigenvalue weighted by atomic mass is 9.93. The Bertz CT molecular complexity index is 488. The highest BCUT2D eigenvalue weighted by Gasteiger charge is 2.34. The van der Waals surface area contributed by atoms with E-state index in [1.165, 1.54) is 0 Å². The van der Waals surface area contributed by atoms with Crippen molar-refractivity contribution in [2.45, 2.75) is 39.2 Å². The first-order chi connectivity index (χ1) is 9.04. The molecule has 2 heterocycles. The largest absolute Gasteiger partial charge is 0.481 e. The van der Waals surface area contributed by atoms with Crippen molar-refractivity contribution in [1.82, 2.24) is 14.5 Å². The molecule has 2 atom stereocenters. The molecule has 2 rings (SSSR count). The van der Waals surface area contributed by atoms with Crippen molar-refractivity contribution >= 4 is 23.4 Å². The molecule has 1 aliphatic rings. The Kier molecular flexibility index (Phi) is 4.14. The summed E-state index contributed by atoms with van der Waals surface area (Å²) in [4.78, 5) is 25.8. The number of aliphatic carboxylic acids is 1. The second-order valence-corrected chi connectivity index (χ2v) is 5.58. The number of nitrogens with zero attached hydrogens (tertiary/aromatic N) is 3. The van der Waals surface area contributed by atoms with E-state index in [4.69, 9.17) is 5.11 Å². The molecule has 1 aromatic heterocycles. The third-order valence-electron chi connectivity index (χ3n) is 3.58. The average molecular weight is 283 g/mol. The topological polar surface area (TPSA) is 83.4 Å². The first-order valence-electron chi connectivity index (χ1n) is 6.39. The summed E-state index contributed by atoms with van der Waals surface area (Å²) in [5, 5.41) is 13.0. The lowest BCUT2D eigenvalue weighted by Crippen LogP contribution is -2.47. The molecular weight excluding hydrogens is 266 g/mol. The van der Waals surface area contributed by atoms with Crippen LogP contribution in [-0.2, 0) is 11.2 Å². The lowest BCUT2D eigenvalue weighted by Gasteiger charge is -2.36. The molecule has 2 unspecified atom stereocenters. The maximum atomic E-state index is 12.5. The lowest BCUT2D eigenvalue weighted by molar-refractivity contribution is -0.143. The number of aromatic nitrogens is 2. The summed E-state index contributed by atoms with van der Waals surface area (Å²) in [7, 11) is 0. The van der Waals surface area contributed by atoms with Gasteiger partial charge in [0, 0.05) is 12.6 Å². The van der Waals surface area contributed by atoms with Crippen LogP contribution >= 0.6 is 11.5 Å². The number of rotatable bonds is 3. The molecule has 1 saturated heterocycles. The van der Waals surface area contributed by atoms with Crippen LogP contribution in [0.4, 0.5) is 0 Å². The Hall–Kier alpha value is -1.50. The van der Waals surface area contributed by atoms with Crippen molar-refractivity contribution in [3.63, 3.8) is 0 Å². The number of likely N-dealkylation sites (tertiary alicyclic amines) is 1. The molecule has 1 amide bonds. The van der Waals surface area contributed by atoms with Crippen molar-refractivity contribution in [3.05, 3.63) is 10.6 Å². The van der Waals surface area contributed by atoms with E-state index in [0.29, 0.717) is 23.4 Å². The van der Waals surface area contributed by atoms with Crippen molar-refractivity contribution in [3.8, 4) is 0 Å². The van der Waals surface area contributed by atoms with Gasteiger partial charge in [-0.1, -0.05) is 11.4 Å². The number of aryl methyl sites for hydroxylation is 1. The molecule has 0 saturated carbocycles. The zero-order chi connectivity index (χ0) is 14.0. The summed E-state index contributed by atoms with van der Waals surface area (Å²) in [5.74, 6) is -1.43. The van der Waals surface area contributed by atoms with E-state index in [1.807, 2.05) is 13.8 Å². The van der Waals surface area contributed by atoms with E-state index in [2.05, 4.69) is 9.59 Å². The van der Waals surface area contributed by atoms with E-state index in [0.717, 1.165) is 18.0 Å². The Morgan fingerprint density at radius 1 is 1.47 bits per heavy atom. The van der Waals surface area contributed by atoms with Gasteiger partial charge in [0.15, 0.2) is 0 Å². The number of carboxylic acid groups (broad SMARTS) is 1. The van der Waals surface area contributed by atoms with Crippen molar-refractivity contribution in [1.29, 1.82) is 0 Å². The number of piperidine rings is 1. The van der Waals surface area contributed by atoms with E-state index in [1.54, 1.807) is 4.90 Å². The van der Waals surface area contributed by atoms with Crippen LogP contribution in [0.5, 0.6) is 0 Å². The normalized spacial score (nSPS) is 23.4. The Morgan fingerprint density at radius 2 is 2.21 bits per heavy atom. The third-order valence-corrected chi connectivity index (χ3v) is 4.33. The van der Waals surface area contributed by atoms with Crippen LogP contribution < -0.4 is 0 Å². The van der Waals surface area contributed by atoms with E-state index in [9.17, 15) is 9.59 Å². The Balaban J connectivity index is 2.19. The third kappa shape index (κ3) is 2.75. The molecule has 0 aromatic carbocycles. The predicted octanol–water partition coefficient (Wildman–Crippen LogP) is 1.43. The van der Waals surface area contributed by atoms with E-state index in [-0.39, 0.29) is 18.5 Å². The second-order valence-electron chi connectivity index (χ2n) is 4.82. The maximum absolute atomic E-state index is 12.5. The zero-order valence-corrected chi connectivity index (χ0v) is 11.8. The summed E-state index contributed by atoms with van der Waals surface area (Å²) in [6, 6.07) is 0.0647. The second kappa shape index (κ2) is 5.64. The number of carbonyl (C=O) groups excluding carboxylic acids is 1. The smallest absolute Gasteiger partial charge is 0.308 e. The molecule has 0 bridgehead atoms. The maximum Gasteiger partial charge on any atom is 0.308 e. The molecule has 6 nitrogen and oxygen atoms in total. The molecule has 7 heteroatoms. The predicted molar refractivity (Wildman–Crippen MR) is 70.1 cm³/mol. The van der Waals surface area contributed by atoms with Gasteiger partial charge in [-0.05, 0) is 37.7 Å². The fourth-order valence-corrected chi connectivity index (χ4v) is 3.03. The van der Waals surface area contributed by atoms with Gasteiger partial charge in [0.1, 0.15) is 4.88 Å². The molecule has 0 radical (unpaired) electrons. The quantitative estimate of drug-likeness (QED) is 0.907. The summed E-state index contributed by atoms with van der Waals surface area (Å²) < 4.78 is 3.82. The van der Waals surface area contributed by atoms with E-state index < -0.39 is 11.9 Å². The standard InChI is InChI=1S/C12H17N3O3S/c1-3-9-10(19-14-13-9)11(16)15-6-8(12(17)18)5-4-7(15)2/h7-8H,3-6H2,1-2H3,(H,17,18). The molecule has 104 valence electrons. The van der Waals surface area contributed by atoms with Gasteiger partial charge in [0.2, 0.25) is 0 Å². The van der Waals surface area contributed by atoms with Crippen LogP contribution in [0.1, 0.15) is 42.1 Å². The van der Waals surface area contributed by atoms with Gasteiger partial charge >= 0.3 is 5.97 Å². The van der Waals surface area contributed by atoms with Crippen LogP contribution in [0.3, 0.4) is 0 Å². The fraction of sp³-hybridized carbons (Fsp3) is 0.667. The van der Waals surface area contributed by atoms with Gasteiger partial charge in [-0.3, -0.25) is 9.59 Å². The number of carbonyl (C=O) groups is 2. The average Bonchev–Trinajstić information content (AvgIpc) is 2.86. The van der Waals surface area contributed by atoms with Crippen LogP contribution in [0.25, 0.3) is 0 Å². The molecular formula is C12H17N3O3S. The van der Waals surface area contributed by atoms with Crippen LogP contribution in [0, 0.1) is 5.92 Å².